The van der Waals surface area contributed by atoms with Gasteiger partial charge in [-0.3, -0.25) is 24.6 Å². The molecule has 1 amide bonds. The van der Waals surface area contributed by atoms with E-state index in [1.807, 2.05) is 0 Å². The zero-order valence-corrected chi connectivity index (χ0v) is 17.6. The maximum Gasteiger partial charge on any atom is 0.297 e. The predicted molar refractivity (Wildman–Crippen MR) is 115 cm³/mol. The lowest BCUT2D eigenvalue weighted by molar-refractivity contribution is -0.384. The third-order valence-electron chi connectivity index (χ3n) is 5.20. The van der Waals surface area contributed by atoms with Crippen LogP contribution in [0, 0.1) is 17.0 Å². The quantitative estimate of drug-likeness (QED) is 0.341. The van der Waals surface area contributed by atoms with Gasteiger partial charge in [-0.25, -0.2) is 0 Å². The van der Waals surface area contributed by atoms with Crippen molar-refractivity contribution >= 4 is 39.0 Å². The Morgan fingerprint density at radius 1 is 1.19 bits per heavy atom. The number of aromatic nitrogens is 2. The lowest BCUT2D eigenvalue weighted by Gasteiger charge is -2.21. The number of nitro benzene ring substituents is 1. The molecule has 0 N–H and O–H groups in total. The molecule has 160 valence electrons. The van der Waals surface area contributed by atoms with Gasteiger partial charge >= 0.3 is 0 Å². The topological polar surface area (TPSA) is 129 Å². The van der Waals surface area contributed by atoms with Crippen molar-refractivity contribution in [3.63, 3.8) is 0 Å². The third-order valence-corrected chi connectivity index (χ3v) is 6.04. The molecule has 0 aliphatic carbocycles. The molecule has 2 aromatic heterocycles. The largest absolute Gasteiger partial charge is 0.497 e. The highest BCUT2D eigenvalue weighted by molar-refractivity contribution is 7.15. The van der Waals surface area contributed by atoms with E-state index in [0.717, 1.165) is 0 Å². The van der Waals surface area contributed by atoms with Crippen molar-refractivity contribution in [2.75, 3.05) is 12.0 Å². The van der Waals surface area contributed by atoms with E-state index in [-0.39, 0.29) is 33.1 Å². The predicted octanol–water partition coefficient (Wildman–Crippen LogP) is 3.62. The number of methoxy groups -OCH3 is 1. The summed E-state index contributed by atoms with van der Waals surface area (Å²) in [5.41, 5.74) is 0.124. The van der Waals surface area contributed by atoms with Crippen molar-refractivity contribution in [2.24, 2.45) is 0 Å². The van der Waals surface area contributed by atoms with Crippen LogP contribution in [0.1, 0.15) is 32.7 Å². The number of carbonyl (C=O) groups is 1. The molecule has 11 heteroatoms. The Morgan fingerprint density at radius 2 is 2.00 bits per heavy atom. The molecule has 1 unspecified atom stereocenters. The Balaban J connectivity index is 1.81. The Kier molecular flexibility index (Phi) is 4.48. The number of rotatable bonds is 4. The molecule has 2 aromatic carbocycles. The van der Waals surface area contributed by atoms with Gasteiger partial charge in [0.2, 0.25) is 10.9 Å². The molecule has 0 saturated carbocycles. The summed E-state index contributed by atoms with van der Waals surface area (Å²) in [6.45, 7) is 1.74. The van der Waals surface area contributed by atoms with Crippen LogP contribution in [-0.4, -0.2) is 28.1 Å². The smallest absolute Gasteiger partial charge is 0.297 e. The summed E-state index contributed by atoms with van der Waals surface area (Å²) in [5.74, 6) is -0.243. The molecule has 10 nitrogen and oxygen atoms in total. The molecular formula is C21H14N4O6S. The Morgan fingerprint density at radius 3 is 2.69 bits per heavy atom. The van der Waals surface area contributed by atoms with Crippen LogP contribution >= 0.6 is 11.3 Å². The van der Waals surface area contributed by atoms with Crippen molar-refractivity contribution < 1.29 is 18.9 Å². The molecule has 0 saturated heterocycles. The normalized spacial score (nSPS) is 15.2. The van der Waals surface area contributed by atoms with Gasteiger partial charge in [-0.1, -0.05) is 23.5 Å². The second-order valence-corrected chi connectivity index (χ2v) is 8.23. The fourth-order valence-corrected chi connectivity index (χ4v) is 4.50. The number of non-ortho nitro benzene ring substituents is 1. The lowest BCUT2D eigenvalue weighted by Crippen LogP contribution is -2.29. The molecule has 0 fully saturated rings. The number of nitrogens with zero attached hydrogens (tertiary/aromatic N) is 4. The zero-order chi connectivity index (χ0) is 22.6. The van der Waals surface area contributed by atoms with Crippen LogP contribution in [0.4, 0.5) is 10.8 Å². The molecular weight excluding hydrogens is 436 g/mol. The summed E-state index contributed by atoms with van der Waals surface area (Å²) >= 11 is 1.17. The number of fused-ring (bicyclic) bond motifs is 2. The number of carbonyl (C=O) groups excluding carboxylic acids is 1. The molecule has 3 heterocycles. The second-order valence-electron chi connectivity index (χ2n) is 7.07. The molecule has 1 aliphatic heterocycles. The molecule has 0 radical (unpaired) electrons. The Bertz CT molecular complexity index is 1480. The fraction of sp³-hybridized carbons (Fsp3) is 0.143. The lowest BCUT2D eigenvalue weighted by atomic mass is 9.98. The van der Waals surface area contributed by atoms with E-state index in [0.29, 0.717) is 16.3 Å². The number of benzene rings is 2. The van der Waals surface area contributed by atoms with E-state index in [9.17, 15) is 19.7 Å². The first-order chi connectivity index (χ1) is 15.4. The van der Waals surface area contributed by atoms with Gasteiger partial charge in [-0.05, 0) is 24.6 Å². The summed E-state index contributed by atoms with van der Waals surface area (Å²) in [7, 11) is 1.48. The van der Waals surface area contributed by atoms with Crippen molar-refractivity contribution in [2.45, 2.75) is 13.0 Å². The SMILES string of the molecule is COc1ccc2c(=O)c3c(oc2c1)C(=O)N(c1nnc(C)s1)C3c1cccc([N+](=O)[O-])c1. The van der Waals surface area contributed by atoms with Crippen LogP contribution in [0.15, 0.2) is 51.7 Å². The maximum absolute atomic E-state index is 13.5. The average Bonchev–Trinajstić information content (AvgIpc) is 3.34. The minimum absolute atomic E-state index is 0.0982. The van der Waals surface area contributed by atoms with Crippen LogP contribution in [-0.2, 0) is 0 Å². The molecule has 5 rings (SSSR count). The molecule has 0 bridgehead atoms. The minimum Gasteiger partial charge on any atom is -0.497 e. The number of nitro groups is 1. The standard InChI is InChI=1S/C21H14N4O6S/c1-10-22-23-21(32-10)24-17(11-4-3-5-12(8-11)25(28)29)16-18(26)14-7-6-13(30-2)9-15(14)31-19(16)20(24)27/h3-9,17H,1-2H3. The van der Waals surface area contributed by atoms with Crippen LogP contribution in [0.25, 0.3) is 11.0 Å². The first-order valence-corrected chi connectivity index (χ1v) is 10.2. The summed E-state index contributed by atoms with van der Waals surface area (Å²) in [4.78, 5) is 39.0. The van der Waals surface area contributed by atoms with E-state index in [1.54, 1.807) is 25.1 Å². The summed E-state index contributed by atoms with van der Waals surface area (Å²) in [6.07, 6.45) is 0. The summed E-state index contributed by atoms with van der Waals surface area (Å²) < 4.78 is 11.1. The van der Waals surface area contributed by atoms with Gasteiger partial charge in [0.1, 0.15) is 16.3 Å². The summed E-state index contributed by atoms with van der Waals surface area (Å²) in [6, 6.07) is 9.58. The van der Waals surface area contributed by atoms with Gasteiger partial charge in [0.25, 0.3) is 11.6 Å². The van der Waals surface area contributed by atoms with Crippen molar-refractivity contribution in [1.29, 1.82) is 0 Å². The van der Waals surface area contributed by atoms with Gasteiger partial charge in [0.05, 0.1) is 29.0 Å². The summed E-state index contributed by atoms with van der Waals surface area (Å²) in [5, 5.41) is 20.5. The minimum atomic E-state index is -0.951. The average molecular weight is 450 g/mol. The number of ether oxygens (including phenoxy) is 1. The molecule has 0 spiro atoms. The molecule has 1 aliphatic rings. The van der Waals surface area contributed by atoms with Gasteiger partial charge in [-0.2, -0.15) is 0 Å². The number of hydrogen-bond donors (Lipinski definition) is 0. The molecule has 1 atom stereocenters. The highest BCUT2D eigenvalue weighted by Crippen LogP contribution is 2.42. The van der Waals surface area contributed by atoms with Crippen LogP contribution in [0.3, 0.4) is 0 Å². The highest BCUT2D eigenvalue weighted by Gasteiger charge is 2.45. The van der Waals surface area contributed by atoms with Crippen LogP contribution in [0.2, 0.25) is 0 Å². The van der Waals surface area contributed by atoms with E-state index in [4.69, 9.17) is 9.15 Å². The van der Waals surface area contributed by atoms with E-state index in [2.05, 4.69) is 10.2 Å². The second kappa shape index (κ2) is 7.24. The van der Waals surface area contributed by atoms with Crippen LogP contribution < -0.4 is 15.1 Å². The number of anilines is 1. The zero-order valence-electron chi connectivity index (χ0n) is 16.8. The number of hydrogen-bond acceptors (Lipinski definition) is 9. The van der Waals surface area contributed by atoms with E-state index < -0.39 is 22.3 Å². The van der Waals surface area contributed by atoms with E-state index >= 15 is 0 Å². The Hall–Kier alpha value is -4.12. The fourth-order valence-electron chi connectivity index (χ4n) is 3.78. The van der Waals surface area contributed by atoms with Crippen molar-refractivity contribution in [1.82, 2.24) is 10.2 Å². The van der Waals surface area contributed by atoms with Crippen molar-refractivity contribution in [3.05, 3.63) is 84.7 Å². The third kappa shape index (κ3) is 2.94. The van der Waals surface area contributed by atoms with Gasteiger partial charge in [-0.15, -0.1) is 10.2 Å². The van der Waals surface area contributed by atoms with Crippen LogP contribution in [0.5, 0.6) is 5.75 Å². The highest BCUT2D eigenvalue weighted by atomic mass is 32.1. The van der Waals surface area contributed by atoms with Gasteiger partial charge in [0, 0.05) is 18.2 Å². The van der Waals surface area contributed by atoms with Gasteiger partial charge < -0.3 is 9.15 Å². The number of amides is 1. The first kappa shape index (κ1) is 19.8. The first-order valence-electron chi connectivity index (χ1n) is 9.42. The molecule has 4 aromatic rings. The van der Waals surface area contributed by atoms with Gasteiger partial charge in [0.15, 0.2) is 5.43 Å². The molecule has 32 heavy (non-hydrogen) atoms. The number of aryl methyl sites for hydroxylation is 1. The van der Waals surface area contributed by atoms with Crippen molar-refractivity contribution in [3.8, 4) is 5.75 Å². The van der Waals surface area contributed by atoms with E-state index in [1.165, 1.54) is 47.6 Å². The monoisotopic (exact) mass is 450 g/mol. The maximum atomic E-state index is 13.5. The Labute approximate surface area is 183 Å².